The van der Waals surface area contributed by atoms with Crippen LogP contribution in [-0.2, 0) is 10.0 Å². The molecule has 0 amide bonds. The minimum Gasteiger partial charge on any atom is -0.497 e. The molecule has 0 atom stereocenters. The Labute approximate surface area is 125 Å². The van der Waals surface area contributed by atoms with Crippen LogP contribution < -0.4 is 9.46 Å². The van der Waals surface area contributed by atoms with E-state index in [0.717, 1.165) is 11.3 Å². The van der Waals surface area contributed by atoms with Crippen LogP contribution >= 0.6 is 34.5 Å². The molecule has 1 aromatic heterocycles. The summed E-state index contributed by atoms with van der Waals surface area (Å²) in [5.41, 5.74) is 0.416. The molecule has 102 valence electrons. The van der Waals surface area contributed by atoms with E-state index >= 15 is 0 Å². The van der Waals surface area contributed by atoms with E-state index in [1.165, 1.54) is 13.2 Å². The lowest BCUT2D eigenvalue weighted by Crippen LogP contribution is -2.12. The smallest absolute Gasteiger partial charge is 0.264 e. The fourth-order valence-corrected chi connectivity index (χ4v) is 4.59. The molecule has 0 spiro atoms. The summed E-state index contributed by atoms with van der Waals surface area (Å²) in [6.45, 7) is 0. The Morgan fingerprint density at radius 1 is 1.21 bits per heavy atom. The van der Waals surface area contributed by atoms with Crippen molar-refractivity contribution in [3.63, 3.8) is 0 Å². The average Bonchev–Trinajstić information content (AvgIpc) is 2.70. The standard InChI is InChI=1S/C11H9Cl2NO3S2/c1-17-8-4-2-7(3-5-8)14-19(15,16)9-6-10(12)18-11(9)13/h2-6,14H,1H3. The molecule has 0 saturated heterocycles. The minimum absolute atomic E-state index is 0.0278. The zero-order valence-electron chi connectivity index (χ0n) is 9.68. The molecule has 1 aromatic carbocycles. The highest BCUT2D eigenvalue weighted by Gasteiger charge is 2.21. The van der Waals surface area contributed by atoms with Crippen molar-refractivity contribution in [1.82, 2.24) is 0 Å². The van der Waals surface area contributed by atoms with E-state index in [0.29, 0.717) is 15.8 Å². The third-order valence-corrected chi connectivity index (χ3v) is 5.39. The molecule has 2 aromatic rings. The number of hydrogen-bond donors (Lipinski definition) is 1. The number of thiophene rings is 1. The fraction of sp³-hybridized carbons (Fsp3) is 0.0909. The minimum atomic E-state index is -3.74. The van der Waals surface area contributed by atoms with Gasteiger partial charge in [0, 0.05) is 5.69 Å². The van der Waals surface area contributed by atoms with E-state index < -0.39 is 10.0 Å². The molecule has 2 rings (SSSR count). The predicted molar refractivity (Wildman–Crippen MR) is 78.1 cm³/mol. The molecule has 0 aliphatic rings. The molecule has 4 nitrogen and oxygen atoms in total. The maximum atomic E-state index is 12.1. The van der Waals surface area contributed by atoms with Crippen LogP contribution in [0.4, 0.5) is 5.69 Å². The van der Waals surface area contributed by atoms with Crippen molar-refractivity contribution in [2.75, 3.05) is 11.8 Å². The van der Waals surface area contributed by atoms with E-state index in [4.69, 9.17) is 27.9 Å². The number of rotatable bonds is 4. The summed E-state index contributed by atoms with van der Waals surface area (Å²) in [5.74, 6) is 0.638. The first-order valence-corrected chi connectivity index (χ1v) is 8.09. The van der Waals surface area contributed by atoms with Crippen LogP contribution in [0, 0.1) is 0 Å². The molecular formula is C11H9Cl2NO3S2. The molecule has 0 bridgehead atoms. The summed E-state index contributed by atoms with van der Waals surface area (Å²) in [5, 5.41) is 0. The predicted octanol–water partition coefficient (Wildman–Crippen LogP) is 3.86. The molecule has 1 N–H and O–H groups in total. The SMILES string of the molecule is COc1ccc(NS(=O)(=O)c2cc(Cl)sc2Cl)cc1. The highest BCUT2D eigenvalue weighted by molar-refractivity contribution is 7.93. The van der Waals surface area contributed by atoms with Crippen molar-refractivity contribution in [2.45, 2.75) is 4.90 Å². The van der Waals surface area contributed by atoms with Crippen LogP contribution in [0.5, 0.6) is 5.75 Å². The Balaban J connectivity index is 2.28. The number of benzene rings is 1. The zero-order chi connectivity index (χ0) is 14.0. The largest absolute Gasteiger partial charge is 0.497 e. The Hall–Kier alpha value is -0.950. The number of sulfonamides is 1. The second-order valence-corrected chi connectivity index (χ2v) is 7.46. The first-order chi connectivity index (χ1) is 8.92. The summed E-state index contributed by atoms with van der Waals surface area (Å²) in [6, 6.07) is 7.82. The Morgan fingerprint density at radius 2 is 1.84 bits per heavy atom. The highest BCUT2D eigenvalue weighted by Crippen LogP contribution is 2.35. The third kappa shape index (κ3) is 3.33. The van der Waals surface area contributed by atoms with Gasteiger partial charge < -0.3 is 4.74 Å². The molecule has 0 radical (unpaired) electrons. The Morgan fingerprint density at radius 3 is 2.32 bits per heavy atom. The van der Waals surface area contributed by atoms with Gasteiger partial charge in [-0.15, -0.1) is 11.3 Å². The molecule has 0 aliphatic carbocycles. The van der Waals surface area contributed by atoms with Gasteiger partial charge in [0.05, 0.1) is 11.4 Å². The van der Waals surface area contributed by atoms with Crippen LogP contribution in [0.2, 0.25) is 8.67 Å². The van der Waals surface area contributed by atoms with E-state index in [2.05, 4.69) is 4.72 Å². The van der Waals surface area contributed by atoms with E-state index in [-0.39, 0.29) is 9.23 Å². The molecule has 19 heavy (non-hydrogen) atoms. The number of anilines is 1. The van der Waals surface area contributed by atoms with Crippen LogP contribution in [0.3, 0.4) is 0 Å². The quantitative estimate of drug-likeness (QED) is 0.921. The molecule has 1 heterocycles. The van der Waals surface area contributed by atoms with E-state index in [1.807, 2.05) is 0 Å². The summed E-state index contributed by atoms with van der Waals surface area (Å²) in [4.78, 5) is -0.0278. The first-order valence-electron chi connectivity index (χ1n) is 5.04. The number of nitrogens with one attached hydrogen (secondary N) is 1. The second kappa shape index (κ2) is 5.58. The first kappa shape index (κ1) is 14.5. The van der Waals surface area contributed by atoms with Crippen molar-refractivity contribution >= 4 is 50.2 Å². The molecule has 0 unspecified atom stereocenters. The highest BCUT2D eigenvalue weighted by atomic mass is 35.5. The van der Waals surface area contributed by atoms with Crippen LogP contribution in [-0.4, -0.2) is 15.5 Å². The van der Waals surface area contributed by atoms with Crippen LogP contribution in [0.15, 0.2) is 35.2 Å². The average molecular weight is 338 g/mol. The van der Waals surface area contributed by atoms with Crippen LogP contribution in [0.25, 0.3) is 0 Å². The molecular weight excluding hydrogens is 329 g/mol. The van der Waals surface area contributed by atoms with Gasteiger partial charge in [-0.3, -0.25) is 4.72 Å². The lowest BCUT2D eigenvalue weighted by molar-refractivity contribution is 0.415. The lowest BCUT2D eigenvalue weighted by atomic mass is 10.3. The Bertz CT molecular complexity index is 680. The van der Waals surface area contributed by atoms with Gasteiger partial charge in [0.25, 0.3) is 10.0 Å². The monoisotopic (exact) mass is 337 g/mol. The van der Waals surface area contributed by atoms with Gasteiger partial charge in [-0.2, -0.15) is 0 Å². The van der Waals surface area contributed by atoms with Gasteiger partial charge in [-0.1, -0.05) is 23.2 Å². The second-order valence-electron chi connectivity index (χ2n) is 3.52. The molecule has 0 aliphatic heterocycles. The van der Waals surface area contributed by atoms with E-state index in [9.17, 15) is 8.42 Å². The fourth-order valence-electron chi connectivity index (χ4n) is 1.38. The van der Waals surface area contributed by atoms with Crippen molar-refractivity contribution in [2.24, 2.45) is 0 Å². The van der Waals surface area contributed by atoms with Crippen molar-refractivity contribution in [1.29, 1.82) is 0 Å². The number of methoxy groups -OCH3 is 1. The zero-order valence-corrected chi connectivity index (χ0v) is 12.8. The molecule has 8 heteroatoms. The maximum absolute atomic E-state index is 12.1. The van der Waals surface area contributed by atoms with Gasteiger partial charge in [0.15, 0.2) is 0 Å². The van der Waals surface area contributed by atoms with Gasteiger partial charge in [0.2, 0.25) is 0 Å². The van der Waals surface area contributed by atoms with Crippen molar-refractivity contribution in [3.05, 3.63) is 39.0 Å². The number of ether oxygens (including phenoxy) is 1. The number of halogens is 2. The van der Waals surface area contributed by atoms with Gasteiger partial charge in [-0.25, -0.2) is 8.42 Å². The number of hydrogen-bond acceptors (Lipinski definition) is 4. The summed E-state index contributed by atoms with van der Waals surface area (Å²) >= 11 is 12.6. The van der Waals surface area contributed by atoms with Crippen LogP contribution in [0.1, 0.15) is 0 Å². The molecule has 0 saturated carbocycles. The van der Waals surface area contributed by atoms with Gasteiger partial charge in [-0.05, 0) is 30.3 Å². The summed E-state index contributed by atoms with van der Waals surface area (Å²) < 4.78 is 32.1. The summed E-state index contributed by atoms with van der Waals surface area (Å²) in [6.07, 6.45) is 0. The maximum Gasteiger partial charge on any atom is 0.264 e. The Kier molecular flexibility index (Phi) is 4.25. The van der Waals surface area contributed by atoms with Crippen molar-refractivity contribution in [3.8, 4) is 5.75 Å². The molecule has 0 fully saturated rings. The van der Waals surface area contributed by atoms with E-state index in [1.54, 1.807) is 24.3 Å². The van der Waals surface area contributed by atoms with Gasteiger partial charge >= 0.3 is 0 Å². The van der Waals surface area contributed by atoms with Gasteiger partial charge in [0.1, 0.15) is 15.0 Å². The summed E-state index contributed by atoms with van der Waals surface area (Å²) in [7, 11) is -2.21. The normalized spacial score (nSPS) is 11.3. The third-order valence-electron chi connectivity index (χ3n) is 2.26. The lowest BCUT2D eigenvalue weighted by Gasteiger charge is -2.07. The van der Waals surface area contributed by atoms with Crippen molar-refractivity contribution < 1.29 is 13.2 Å². The topological polar surface area (TPSA) is 55.4 Å².